The van der Waals surface area contributed by atoms with E-state index in [-0.39, 0.29) is 11.9 Å². The minimum Gasteiger partial charge on any atom is -0.448 e. The highest BCUT2D eigenvalue weighted by atomic mass is 16.5. The molecule has 5 nitrogen and oxygen atoms in total. The molecule has 1 amide bonds. The molecule has 146 valence electrons. The highest BCUT2D eigenvalue weighted by Crippen LogP contribution is 2.22. The number of rotatable bonds is 5. The number of hydrogen-bond acceptors (Lipinski definition) is 4. The number of carbonyl (C=O) groups excluding carboxylic acids is 2. The SMILES string of the molecule is CCC(CNC(=O)C1Cc2ccccc2C(=O)O1)N1CCc2ccccc2C1. The van der Waals surface area contributed by atoms with E-state index in [0.717, 1.165) is 31.5 Å². The molecule has 0 spiro atoms. The minimum absolute atomic E-state index is 0.210. The fourth-order valence-corrected chi connectivity index (χ4v) is 4.17. The highest BCUT2D eigenvalue weighted by Gasteiger charge is 2.31. The van der Waals surface area contributed by atoms with Crippen molar-refractivity contribution in [2.75, 3.05) is 13.1 Å². The second-order valence-electron chi connectivity index (χ2n) is 7.55. The van der Waals surface area contributed by atoms with Gasteiger partial charge in [-0.25, -0.2) is 4.79 Å². The molecule has 2 aliphatic rings. The second kappa shape index (κ2) is 8.15. The lowest BCUT2D eigenvalue weighted by Gasteiger charge is -2.35. The fraction of sp³-hybridized carbons (Fsp3) is 0.391. The molecule has 2 unspecified atom stereocenters. The van der Waals surface area contributed by atoms with Gasteiger partial charge in [-0.2, -0.15) is 0 Å². The van der Waals surface area contributed by atoms with Crippen molar-refractivity contribution in [1.82, 2.24) is 10.2 Å². The van der Waals surface area contributed by atoms with Gasteiger partial charge in [0.2, 0.25) is 0 Å². The molecule has 0 saturated heterocycles. The smallest absolute Gasteiger partial charge is 0.339 e. The van der Waals surface area contributed by atoms with Gasteiger partial charge in [0.1, 0.15) is 0 Å². The molecule has 0 aromatic heterocycles. The Balaban J connectivity index is 1.36. The Kier molecular flexibility index (Phi) is 5.44. The lowest BCUT2D eigenvalue weighted by molar-refractivity contribution is -0.130. The van der Waals surface area contributed by atoms with E-state index in [4.69, 9.17) is 4.74 Å². The van der Waals surface area contributed by atoms with Crippen molar-refractivity contribution < 1.29 is 14.3 Å². The first-order chi connectivity index (χ1) is 13.7. The lowest BCUT2D eigenvalue weighted by Crippen LogP contribution is -2.49. The molecule has 0 radical (unpaired) electrons. The Bertz CT molecular complexity index is 880. The molecule has 2 aromatic rings. The average molecular weight is 378 g/mol. The van der Waals surface area contributed by atoms with Crippen LogP contribution in [0.4, 0.5) is 0 Å². The first-order valence-corrected chi connectivity index (χ1v) is 10.0. The molecule has 4 rings (SSSR count). The van der Waals surface area contributed by atoms with Gasteiger partial charge in [-0.15, -0.1) is 0 Å². The normalized spacial score (nSPS) is 19.9. The topological polar surface area (TPSA) is 58.6 Å². The summed E-state index contributed by atoms with van der Waals surface area (Å²) in [5, 5.41) is 3.02. The predicted molar refractivity (Wildman–Crippen MR) is 107 cm³/mol. The summed E-state index contributed by atoms with van der Waals surface area (Å²) >= 11 is 0. The van der Waals surface area contributed by atoms with Crippen molar-refractivity contribution in [3.8, 4) is 0 Å². The van der Waals surface area contributed by atoms with Gasteiger partial charge in [0.05, 0.1) is 5.56 Å². The summed E-state index contributed by atoms with van der Waals surface area (Å²) in [6.45, 7) is 4.62. The Labute approximate surface area is 165 Å². The summed E-state index contributed by atoms with van der Waals surface area (Å²) in [7, 11) is 0. The summed E-state index contributed by atoms with van der Waals surface area (Å²) in [4.78, 5) is 27.2. The molecule has 2 atom stereocenters. The third-order valence-corrected chi connectivity index (χ3v) is 5.84. The number of esters is 1. The molecule has 0 aliphatic carbocycles. The van der Waals surface area contributed by atoms with Crippen LogP contribution in [-0.4, -0.2) is 42.0 Å². The average Bonchev–Trinajstić information content (AvgIpc) is 2.74. The number of nitrogens with zero attached hydrogens (tertiary/aromatic N) is 1. The minimum atomic E-state index is -0.748. The van der Waals surface area contributed by atoms with Crippen LogP contribution in [0.15, 0.2) is 48.5 Å². The second-order valence-corrected chi connectivity index (χ2v) is 7.55. The number of benzene rings is 2. The van der Waals surface area contributed by atoms with Crippen LogP contribution in [0.3, 0.4) is 0 Å². The van der Waals surface area contributed by atoms with Crippen LogP contribution in [0.2, 0.25) is 0 Å². The lowest BCUT2D eigenvalue weighted by atomic mass is 9.97. The van der Waals surface area contributed by atoms with Crippen molar-refractivity contribution in [1.29, 1.82) is 0 Å². The van der Waals surface area contributed by atoms with Crippen LogP contribution >= 0.6 is 0 Å². The van der Waals surface area contributed by atoms with Crippen molar-refractivity contribution in [3.63, 3.8) is 0 Å². The van der Waals surface area contributed by atoms with Crippen LogP contribution in [-0.2, 0) is 28.9 Å². The molecular weight excluding hydrogens is 352 g/mol. The maximum Gasteiger partial charge on any atom is 0.339 e. The van der Waals surface area contributed by atoms with E-state index >= 15 is 0 Å². The van der Waals surface area contributed by atoms with Gasteiger partial charge in [-0.1, -0.05) is 49.4 Å². The highest BCUT2D eigenvalue weighted by molar-refractivity contribution is 5.95. The summed E-state index contributed by atoms with van der Waals surface area (Å²) in [6.07, 6.45) is 1.68. The van der Waals surface area contributed by atoms with Gasteiger partial charge in [0.25, 0.3) is 5.91 Å². The molecule has 0 saturated carbocycles. The molecule has 5 heteroatoms. The van der Waals surface area contributed by atoms with Gasteiger partial charge in [0, 0.05) is 32.1 Å². The van der Waals surface area contributed by atoms with Crippen LogP contribution in [0.1, 0.15) is 40.4 Å². The van der Waals surface area contributed by atoms with Gasteiger partial charge in [-0.3, -0.25) is 9.69 Å². The Hall–Kier alpha value is -2.66. The van der Waals surface area contributed by atoms with E-state index in [1.165, 1.54) is 11.1 Å². The van der Waals surface area contributed by atoms with Crippen LogP contribution in [0.5, 0.6) is 0 Å². The zero-order chi connectivity index (χ0) is 19.5. The fourth-order valence-electron chi connectivity index (χ4n) is 4.17. The van der Waals surface area contributed by atoms with Crippen LogP contribution < -0.4 is 5.32 Å². The number of cyclic esters (lactones) is 1. The summed E-state index contributed by atoms with van der Waals surface area (Å²) in [5.74, 6) is -0.625. The molecule has 2 aromatic carbocycles. The zero-order valence-electron chi connectivity index (χ0n) is 16.2. The monoisotopic (exact) mass is 378 g/mol. The van der Waals surface area contributed by atoms with Crippen molar-refractivity contribution >= 4 is 11.9 Å². The molecule has 28 heavy (non-hydrogen) atoms. The third kappa shape index (κ3) is 3.80. The number of ether oxygens (including phenoxy) is 1. The van der Waals surface area contributed by atoms with Crippen LogP contribution in [0.25, 0.3) is 0 Å². The van der Waals surface area contributed by atoms with Gasteiger partial charge >= 0.3 is 5.97 Å². The van der Waals surface area contributed by atoms with E-state index in [2.05, 4.69) is 41.4 Å². The van der Waals surface area contributed by atoms with E-state index < -0.39 is 12.1 Å². The maximum atomic E-state index is 12.6. The van der Waals surface area contributed by atoms with Crippen molar-refractivity contribution in [3.05, 3.63) is 70.8 Å². The molecular formula is C23H26N2O3. The van der Waals surface area contributed by atoms with Gasteiger partial charge in [-0.05, 0) is 35.6 Å². The molecule has 0 bridgehead atoms. The molecule has 1 N–H and O–H groups in total. The maximum absolute atomic E-state index is 12.6. The Morgan fingerprint density at radius 1 is 1.14 bits per heavy atom. The number of carbonyl (C=O) groups is 2. The van der Waals surface area contributed by atoms with E-state index in [9.17, 15) is 9.59 Å². The molecule has 2 heterocycles. The number of fused-ring (bicyclic) bond motifs is 2. The van der Waals surface area contributed by atoms with E-state index in [1.807, 2.05) is 18.2 Å². The third-order valence-electron chi connectivity index (χ3n) is 5.84. The van der Waals surface area contributed by atoms with Gasteiger partial charge < -0.3 is 10.1 Å². The Morgan fingerprint density at radius 2 is 1.86 bits per heavy atom. The van der Waals surface area contributed by atoms with E-state index in [1.54, 1.807) is 6.07 Å². The first-order valence-electron chi connectivity index (χ1n) is 10.0. The van der Waals surface area contributed by atoms with Crippen molar-refractivity contribution in [2.45, 2.75) is 44.9 Å². The zero-order valence-corrected chi connectivity index (χ0v) is 16.2. The van der Waals surface area contributed by atoms with E-state index in [0.29, 0.717) is 18.5 Å². The van der Waals surface area contributed by atoms with Gasteiger partial charge in [0.15, 0.2) is 6.10 Å². The summed E-state index contributed by atoms with van der Waals surface area (Å²) in [6, 6.07) is 16.1. The predicted octanol–water partition coefficient (Wildman–Crippen LogP) is 2.72. The van der Waals surface area contributed by atoms with Crippen molar-refractivity contribution in [2.24, 2.45) is 0 Å². The quantitative estimate of drug-likeness (QED) is 0.813. The Morgan fingerprint density at radius 3 is 2.64 bits per heavy atom. The first kappa shape index (κ1) is 18.7. The number of nitrogens with one attached hydrogen (secondary N) is 1. The molecule has 0 fully saturated rings. The number of hydrogen-bond donors (Lipinski definition) is 1. The standard InChI is InChI=1S/C23H26N2O3/c1-2-19(25-12-11-16-7-3-4-9-18(16)15-25)14-24-22(26)21-13-17-8-5-6-10-20(17)23(27)28-21/h3-10,19,21H,2,11-15H2,1H3,(H,24,26). The number of amides is 1. The molecule has 2 aliphatic heterocycles. The summed E-state index contributed by atoms with van der Waals surface area (Å²) < 4.78 is 5.37. The summed E-state index contributed by atoms with van der Waals surface area (Å²) in [5.41, 5.74) is 4.23. The van der Waals surface area contributed by atoms with Crippen LogP contribution in [0, 0.1) is 0 Å². The largest absolute Gasteiger partial charge is 0.448 e.